The lowest BCUT2D eigenvalue weighted by Crippen LogP contribution is -2.44. The van der Waals surface area contributed by atoms with E-state index in [1.54, 1.807) is 16.2 Å². The maximum atomic E-state index is 12.1. The van der Waals surface area contributed by atoms with Gasteiger partial charge in [0.15, 0.2) is 0 Å². The first-order valence-electron chi connectivity index (χ1n) is 7.63. The van der Waals surface area contributed by atoms with Crippen molar-refractivity contribution in [2.75, 3.05) is 13.1 Å². The molecule has 0 aliphatic carbocycles. The molecular weight excluding hydrogens is 300 g/mol. The number of hydrazine groups is 1. The summed E-state index contributed by atoms with van der Waals surface area (Å²) in [6.07, 6.45) is 1.48. The topological polar surface area (TPSA) is 80.5 Å². The largest absolute Gasteiger partial charge is 0.444 e. The van der Waals surface area contributed by atoms with Gasteiger partial charge in [0.2, 0.25) is 0 Å². The van der Waals surface area contributed by atoms with Gasteiger partial charge in [-0.3, -0.25) is 11.3 Å². The predicted octanol–water partition coefficient (Wildman–Crippen LogP) is 2.08. The zero-order valence-electron chi connectivity index (χ0n) is 13.8. The molecule has 0 spiro atoms. The molecule has 3 N–H and O–H groups in total. The number of thiazole rings is 1. The van der Waals surface area contributed by atoms with Crippen LogP contribution in [0.4, 0.5) is 4.79 Å². The summed E-state index contributed by atoms with van der Waals surface area (Å²) in [6.45, 7) is 9.03. The smallest absolute Gasteiger partial charge is 0.410 e. The van der Waals surface area contributed by atoms with Gasteiger partial charge in [0.05, 0.1) is 5.01 Å². The maximum absolute atomic E-state index is 12.1. The normalized spacial score (nSPS) is 20.2. The molecule has 2 rings (SSSR count). The summed E-state index contributed by atoms with van der Waals surface area (Å²) in [5, 5.41) is 3.13. The number of nitrogens with one attached hydrogen (secondary N) is 1. The third-order valence-electron chi connectivity index (χ3n) is 3.72. The van der Waals surface area contributed by atoms with Crippen LogP contribution >= 0.6 is 11.3 Å². The van der Waals surface area contributed by atoms with Crippen molar-refractivity contribution >= 4 is 17.4 Å². The van der Waals surface area contributed by atoms with Crippen LogP contribution in [-0.4, -0.2) is 40.7 Å². The van der Waals surface area contributed by atoms with Crippen LogP contribution in [0.5, 0.6) is 0 Å². The van der Waals surface area contributed by atoms with E-state index >= 15 is 0 Å². The van der Waals surface area contributed by atoms with Crippen molar-refractivity contribution in [3.63, 3.8) is 0 Å². The van der Waals surface area contributed by atoms with Gasteiger partial charge in [0.25, 0.3) is 0 Å². The number of nitrogens with two attached hydrogens (primary N) is 1. The Morgan fingerprint density at radius 1 is 1.64 bits per heavy atom. The molecule has 1 aliphatic heterocycles. The van der Waals surface area contributed by atoms with Gasteiger partial charge in [-0.1, -0.05) is 0 Å². The summed E-state index contributed by atoms with van der Waals surface area (Å²) < 4.78 is 5.43. The molecule has 1 aromatic heterocycles. The van der Waals surface area contributed by atoms with E-state index in [2.05, 4.69) is 10.4 Å². The van der Waals surface area contributed by atoms with Gasteiger partial charge >= 0.3 is 6.09 Å². The lowest BCUT2D eigenvalue weighted by molar-refractivity contribution is 0.0285. The Morgan fingerprint density at radius 2 is 2.36 bits per heavy atom. The lowest BCUT2D eigenvalue weighted by Gasteiger charge is -2.25. The molecule has 1 aliphatic rings. The molecule has 2 unspecified atom stereocenters. The SMILES string of the molecule is Cc1csc(CC(NN)C2CCN(C(=O)OC(C)(C)C)C2)n1. The van der Waals surface area contributed by atoms with Crippen molar-refractivity contribution in [2.24, 2.45) is 11.8 Å². The number of ether oxygens (including phenoxy) is 1. The van der Waals surface area contributed by atoms with Crippen molar-refractivity contribution in [3.8, 4) is 0 Å². The van der Waals surface area contributed by atoms with Crippen molar-refractivity contribution in [1.82, 2.24) is 15.3 Å². The molecule has 0 bridgehead atoms. The number of aromatic nitrogens is 1. The lowest BCUT2D eigenvalue weighted by atomic mass is 9.97. The monoisotopic (exact) mass is 326 g/mol. The fourth-order valence-corrected chi connectivity index (χ4v) is 3.49. The summed E-state index contributed by atoms with van der Waals surface area (Å²) in [4.78, 5) is 18.4. The van der Waals surface area contributed by atoms with Crippen LogP contribution in [0.2, 0.25) is 0 Å². The van der Waals surface area contributed by atoms with Gasteiger partial charge in [0.1, 0.15) is 5.60 Å². The molecule has 22 heavy (non-hydrogen) atoms. The zero-order valence-corrected chi connectivity index (χ0v) is 14.6. The van der Waals surface area contributed by atoms with Crippen molar-refractivity contribution in [1.29, 1.82) is 0 Å². The molecule has 1 saturated heterocycles. The number of amides is 1. The fourth-order valence-electron chi connectivity index (χ4n) is 2.65. The van der Waals surface area contributed by atoms with Crippen molar-refractivity contribution in [2.45, 2.75) is 52.2 Å². The standard InChI is InChI=1S/C15H26N4O2S/c1-10-9-22-13(17-10)7-12(18-16)11-5-6-19(8-11)14(20)21-15(2,3)4/h9,11-12,18H,5-8,16H2,1-4H3. The van der Waals surface area contributed by atoms with Crippen molar-refractivity contribution < 1.29 is 9.53 Å². The number of carbonyl (C=O) groups is 1. The molecule has 1 fully saturated rings. The molecule has 124 valence electrons. The van der Waals surface area contributed by atoms with E-state index in [-0.39, 0.29) is 12.1 Å². The third kappa shape index (κ3) is 4.66. The van der Waals surface area contributed by atoms with E-state index in [0.29, 0.717) is 19.0 Å². The highest BCUT2D eigenvalue weighted by Gasteiger charge is 2.34. The van der Waals surface area contributed by atoms with Crippen LogP contribution in [0.25, 0.3) is 0 Å². The predicted molar refractivity (Wildman–Crippen MR) is 87.6 cm³/mol. The minimum Gasteiger partial charge on any atom is -0.444 e. The molecule has 0 radical (unpaired) electrons. The Bertz CT molecular complexity index is 512. The molecule has 2 heterocycles. The second-order valence-corrected chi connectivity index (χ2v) is 7.78. The molecule has 7 heteroatoms. The molecule has 1 amide bonds. The van der Waals surface area contributed by atoms with E-state index in [1.807, 2.05) is 33.1 Å². The number of carbonyl (C=O) groups excluding carboxylic acids is 1. The Morgan fingerprint density at radius 3 is 2.91 bits per heavy atom. The number of likely N-dealkylation sites (tertiary alicyclic amines) is 1. The van der Waals surface area contributed by atoms with E-state index in [9.17, 15) is 4.79 Å². The minimum atomic E-state index is -0.459. The van der Waals surface area contributed by atoms with E-state index in [4.69, 9.17) is 10.6 Å². The average molecular weight is 326 g/mol. The minimum absolute atomic E-state index is 0.123. The summed E-state index contributed by atoms with van der Waals surface area (Å²) >= 11 is 1.66. The second-order valence-electron chi connectivity index (χ2n) is 6.84. The number of hydrogen-bond donors (Lipinski definition) is 2. The van der Waals surface area contributed by atoms with E-state index in [1.165, 1.54) is 0 Å². The van der Waals surface area contributed by atoms with Crippen LogP contribution in [0, 0.1) is 12.8 Å². The number of aryl methyl sites for hydroxylation is 1. The molecule has 0 saturated carbocycles. The highest BCUT2D eigenvalue weighted by molar-refractivity contribution is 7.09. The van der Waals surface area contributed by atoms with Gasteiger partial charge in [-0.05, 0) is 40.0 Å². The summed E-state index contributed by atoms with van der Waals surface area (Å²) in [6, 6.07) is 0.123. The average Bonchev–Trinajstić information content (AvgIpc) is 3.03. The van der Waals surface area contributed by atoms with E-state index < -0.39 is 5.60 Å². The quantitative estimate of drug-likeness (QED) is 0.654. The number of hydrogen-bond acceptors (Lipinski definition) is 6. The van der Waals surface area contributed by atoms with Crippen LogP contribution in [0.1, 0.15) is 37.9 Å². The van der Waals surface area contributed by atoms with Crippen LogP contribution in [0.3, 0.4) is 0 Å². The summed E-state index contributed by atoms with van der Waals surface area (Å²) in [5.41, 5.74) is 3.48. The van der Waals surface area contributed by atoms with Crippen LogP contribution in [0.15, 0.2) is 5.38 Å². The molecule has 1 aromatic rings. The first-order valence-corrected chi connectivity index (χ1v) is 8.51. The first kappa shape index (κ1) is 17.2. The van der Waals surface area contributed by atoms with E-state index in [0.717, 1.165) is 23.5 Å². The van der Waals surface area contributed by atoms with Crippen LogP contribution < -0.4 is 11.3 Å². The molecule has 6 nitrogen and oxygen atoms in total. The third-order valence-corrected chi connectivity index (χ3v) is 4.71. The number of nitrogens with zero attached hydrogens (tertiary/aromatic N) is 2. The van der Waals surface area contributed by atoms with Crippen molar-refractivity contribution in [3.05, 3.63) is 16.1 Å². The number of rotatable bonds is 4. The Labute approximate surface area is 136 Å². The highest BCUT2D eigenvalue weighted by Crippen LogP contribution is 2.24. The summed E-state index contributed by atoms with van der Waals surface area (Å²) in [7, 11) is 0. The molecular formula is C15H26N4O2S. The Hall–Kier alpha value is -1.18. The fraction of sp³-hybridized carbons (Fsp3) is 0.733. The van der Waals surface area contributed by atoms with Gasteiger partial charge in [-0.2, -0.15) is 0 Å². The maximum Gasteiger partial charge on any atom is 0.410 e. The first-order chi connectivity index (χ1) is 10.3. The second kappa shape index (κ2) is 6.93. The summed E-state index contributed by atoms with van der Waals surface area (Å²) in [5.74, 6) is 6.04. The van der Waals surface area contributed by atoms with Gasteiger partial charge in [0, 0.05) is 36.6 Å². The zero-order chi connectivity index (χ0) is 16.3. The molecule has 0 aromatic carbocycles. The highest BCUT2D eigenvalue weighted by atomic mass is 32.1. The van der Waals surface area contributed by atoms with Gasteiger partial charge in [-0.25, -0.2) is 9.78 Å². The Balaban J connectivity index is 1.91. The van der Waals surface area contributed by atoms with Crippen LogP contribution in [-0.2, 0) is 11.2 Å². The molecule has 2 atom stereocenters. The van der Waals surface area contributed by atoms with Gasteiger partial charge in [-0.15, -0.1) is 11.3 Å². The Kier molecular flexibility index (Phi) is 5.41. The van der Waals surface area contributed by atoms with Gasteiger partial charge < -0.3 is 9.64 Å².